The monoisotopic (exact) mass is 255 g/mol. The lowest BCUT2D eigenvalue weighted by Crippen LogP contribution is -2.32. The summed E-state index contributed by atoms with van der Waals surface area (Å²) in [4.78, 5) is 21.2. The Bertz CT molecular complexity index is 459. The van der Waals surface area contributed by atoms with Crippen molar-refractivity contribution in [3.63, 3.8) is 0 Å². The second kappa shape index (κ2) is 5.85. The highest BCUT2D eigenvalue weighted by Gasteiger charge is 2.31. The zero-order valence-electron chi connectivity index (χ0n) is 9.95. The molecule has 1 atom stereocenters. The average molecular weight is 255 g/mol. The van der Waals surface area contributed by atoms with Crippen LogP contribution in [0, 0.1) is 10.1 Å². The third kappa shape index (κ3) is 3.09. The standard InChI is InChI=1S/C11H13NO6/c1-17-8-4-3-7(10(13)6-8)5-9(12(15)16)11(14)18-2/h3-4,6,9,13H,5H2,1-2H3. The van der Waals surface area contributed by atoms with Crippen molar-refractivity contribution < 1.29 is 24.3 Å². The maximum absolute atomic E-state index is 11.2. The number of phenolic OH excluding ortho intramolecular Hbond substituents is 1. The summed E-state index contributed by atoms with van der Waals surface area (Å²) in [6.07, 6.45) is -0.241. The fourth-order valence-corrected chi connectivity index (χ4v) is 1.43. The normalized spacial score (nSPS) is 11.7. The van der Waals surface area contributed by atoms with E-state index in [0.29, 0.717) is 5.75 Å². The highest BCUT2D eigenvalue weighted by molar-refractivity contribution is 5.74. The molecule has 98 valence electrons. The van der Waals surface area contributed by atoms with E-state index in [0.717, 1.165) is 7.11 Å². The Morgan fingerprint density at radius 2 is 2.17 bits per heavy atom. The van der Waals surface area contributed by atoms with Crippen molar-refractivity contribution in [2.75, 3.05) is 14.2 Å². The van der Waals surface area contributed by atoms with Gasteiger partial charge in [-0.05, 0) is 6.07 Å². The number of rotatable bonds is 5. The molecule has 0 bridgehead atoms. The van der Waals surface area contributed by atoms with E-state index in [-0.39, 0.29) is 17.7 Å². The lowest BCUT2D eigenvalue weighted by molar-refractivity contribution is -0.509. The Morgan fingerprint density at radius 3 is 2.61 bits per heavy atom. The smallest absolute Gasteiger partial charge is 0.381 e. The Labute approximate surface area is 103 Å². The van der Waals surface area contributed by atoms with Gasteiger partial charge in [0.15, 0.2) is 0 Å². The number of hydrogen-bond acceptors (Lipinski definition) is 6. The molecule has 0 aromatic heterocycles. The number of benzene rings is 1. The predicted octanol–water partition coefficient (Wildman–Crippen LogP) is 0.762. The molecule has 0 fully saturated rings. The maximum atomic E-state index is 11.2. The van der Waals surface area contributed by atoms with Crippen LogP contribution in [-0.2, 0) is 16.0 Å². The number of methoxy groups -OCH3 is 2. The summed E-state index contributed by atoms with van der Waals surface area (Å²) in [5.74, 6) is -0.688. The van der Waals surface area contributed by atoms with Crippen molar-refractivity contribution in [3.05, 3.63) is 33.9 Å². The summed E-state index contributed by atoms with van der Waals surface area (Å²) in [6, 6.07) is 2.80. The number of aromatic hydroxyl groups is 1. The largest absolute Gasteiger partial charge is 0.508 e. The minimum atomic E-state index is -1.53. The first-order valence-electron chi connectivity index (χ1n) is 5.06. The molecule has 1 rings (SSSR count). The van der Waals surface area contributed by atoms with E-state index in [4.69, 9.17) is 4.74 Å². The SMILES string of the molecule is COC(=O)C(Cc1ccc(OC)cc1O)[N+](=O)[O-]. The number of carbonyl (C=O) groups is 1. The minimum Gasteiger partial charge on any atom is -0.508 e. The summed E-state index contributed by atoms with van der Waals surface area (Å²) >= 11 is 0. The molecule has 0 heterocycles. The van der Waals surface area contributed by atoms with Crippen molar-refractivity contribution in [3.8, 4) is 11.5 Å². The first-order valence-corrected chi connectivity index (χ1v) is 5.06. The van der Waals surface area contributed by atoms with Crippen LogP contribution < -0.4 is 4.74 Å². The van der Waals surface area contributed by atoms with Crippen molar-refractivity contribution in [1.82, 2.24) is 0 Å². The van der Waals surface area contributed by atoms with E-state index in [9.17, 15) is 20.0 Å². The van der Waals surface area contributed by atoms with Gasteiger partial charge in [-0.15, -0.1) is 0 Å². The van der Waals surface area contributed by atoms with Gasteiger partial charge in [0, 0.05) is 16.6 Å². The molecular weight excluding hydrogens is 242 g/mol. The van der Waals surface area contributed by atoms with Crippen LogP contribution in [0.5, 0.6) is 11.5 Å². The third-order valence-corrected chi connectivity index (χ3v) is 2.43. The van der Waals surface area contributed by atoms with Gasteiger partial charge in [-0.3, -0.25) is 10.1 Å². The summed E-state index contributed by atoms with van der Waals surface area (Å²) in [5.41, 5.74) is 0.280. The van der Waals surface area contributed by atoms with Gasteiger partial charge in [0.25, 0.3) is 0 Å². The lowest BCUT2D eigenvalue weighted by atomic mass is 10.1. The van der Waals surface area contributed by atoms with Crippen LogP contribution in [0.15, 0.2) is 18.2 Å². The molecular formula is C11H13NO6. The summed E-state index contributed by atoms with van der Waals surface area (Å²) in [7, 11) is 2.51. The van der Waals surface area contributed by atoms with Gasteiger partial charge in [0.1, 0.15) is 11.5 Å². The number of ether oxygens (including phenoxy) is 2. The number of phenols is 1. The fraction of sp³-hybridized carbons (Fsp3) is 0.364. The van der Waals surface area contributed by atoms with E-state index in [2.05, 4.69) is 4.74 Å². The first kappa shape index (κ1) is 13.8. The van der Waals surface area contributed by atoms with Crippen molar-refractivity contribution in [2.24, 2.45) is 0 Å². The molecule has 1 aromatic rings. The van der Waals surface area contributed by atoms with Gasteiger partial charge >= 0.3 is 12.0 Å². The molecule has 18 heavy (non-hydrogen) atoms. The van der Waals surface area contributed by atoms with Crippen LogP contribution >= 0.6 is 0 Å². The summed E-state index contributed by atoms with van der Waals surface area (Å²) < 4.78 is 9.23. The van der Waals surface area contributed by atoms with Gasteiger partial charge in [-0.2, -0.15) is 0 Å². The fourth-order valence-electron chi connectivity index (χ4n) is 1.43. The van der Waals surface area contributed by atoms with Gasteiger partial charge in [0.2, 0.25) is 0 Å². The Hall–Kier alpha value is -2.31. The van der Waals surface area contributed by atoms with E-state index < -0.39 is 16.9 Å². The van der Waals surface area contributed by atoms with E-state index >= 15 is 0 Å². The maximum Gasteiger partial charge on any atom is 0.381 e. The molecule has 1 aromatic carbocycles. The van der Waals surface area contributed by atoms with Crippen LogP contribution in [0.1, 0.15) is 5.56 Å². The molecule has 0 saturated heterocycles. The minimum absolute atomic E-state index is 0.162. The van der Waals surface area contributed by atoms with E-state index in [1.54, 1.807) is 6.07 Å². The quantitative estimate of drug-likeness (QED) is 0.473. The van der Waals surface area contributed by atoms with E-state index in [1.165, 1.54) is 19.2 Å². The highest BCUT2D eigenvalue weighted by Crippen LogP contribution is 2.25. The predicted molar refractivity (Wildman–Crippen MR) is 61.2 cm³/mol. The van der Waals surface area contributed by atoms with Crippen molar-refractivity contribution >= 4 is 5.97 Å². The molecule has 1 unspecified atom stereocenters. The zero-order chi connectivity index (χ0) is 13.7. The number of hydrogen-bond donors (Lipinski definition) is 1. The average Bonchev–Trinajstić information content (AvgIpc) is 2.35. The topological polar surface area (TPSA) is 98.9 Å². The molecule has 7 heteroatoms. The van der Waals surface area contributed by atoms with Crippen LogP contribution in [0.25, 0.3) is 0 Å². The van der Waals surface area contributed by atoms with Crippen molar-refractivity contribution in [2.45, 2.75) is 12.5 Å². The summed E-state index contributed by atoms with van der Waals surface area (Å²) in [5, 5.41) is 20.4. The zero-order valence-corrected chi connectivity index (χ0v) is 9.95. The third-order valence-electron chi connectivity index (χ3n) is 2.43. The second-order valence-electron chi connectivity index (χ2n) is 3.52. The number of nitro groups is 1. The Morgan fingerprint density at radius 1 is 1.50 bits per heavy atom. The van der Waals surface area contributed by atoms with Gasteiger partial charge in [-0.25, -0.2) is 4.79 Å². The molecule has 0 aliphatic heterocycles. The lowest BCUT2D eigenvalue weighted by Gasteiger charge is -2.09. The molecule has 0 saturated carbocycles. The van der Waals surface area contributed by atoms with Crippen LogP contribution in [0.3, 0.4) is 0 Å². The molecule has 0 aliphatic rings. The summed E-state index contributed by atoms with van der Waals surface area (Å²) in [6.45, 7) is 0. The van der Waals surface area contributed by atoms with Gasteiger partial charge in [-0.1, -0.05) is 6.07 Å². The molecule has 1 N–H and O–H groups in total. The second-order valence-corrected chi connectivity index (χ2v) is 3.52. The van der Waals surface area contributed by atoms with Gasteiger partial charge < -0.3 is 14.6 Å². The first-order chi connectivity index (χ1) is 8.49. The van der Waals surface area contributed by atoms with Crippen LogP contribution in [-0.4, -0.2) is 36.3 Å². The number of esters is 1. The van der Waals surface area contributed by atoms with Crippen LogP contribution in [0.2, 0.25) is 0 Å². The Kier molecular flexibility index (Phi) is 4.47. The van der Waals surface area contributed by atoms with E-state index in [1.807, 2.05) is 0 Å². The molecule has 0 spiro atoms. The highest BCUT2D eigenvalue weighted by atomic mass is 16.6. The molecule has 0 amide bonds. The van der Waals surface area contributed by atoms with Crippen molar-refractivity contribution in [1.29, 1.82) is 0 Å². The number of nitrogens with zero attached hydrogens (tertiary/aromatic N) is 1. The van der Waals surface area contributed by atoms with Crippen LogP contribution in [0.4, 0.5) is 0 Å². The molecule has 0 aliphatic carbocycles. The number of carbonyl (C=O) groups excluding carboxylic acids is 1. The molecule has 0 radical (unpaired) electrons. The Balaban J connectivity index is 2.94. The van der Waals surface area contributed by atoms with Gasteiger partial charge in [0.05, 0.1) is 20.6 Å². The molecule has 7 nitrogen and oxygen atoms in total.